The first-order chi connectivity index (χ1) is 13.8. The van der Waals surface area contributed by atoms with E-state index in [0.717, 1.165) is 5.01 Å². The summed E-state index contributed by atoms with van der Waals surface area (Å²) in [7, 11) is 0. The van der Waals surface area contributed by atoms with Crippen molar-refractivity contribution in [2.24, 2.45) is 0 Å². The molecule has 1 aliphatic heterocycles. The topological polar surface area (TPSA) is 150 Å². The van der Waals surface area contributed by atoms with E-state index in [9.17, 15) is 30.3 Å². The lowest BCUT2D eigenvalue weighted by Crippen LogP contribution is -2.59. The largest absolute Gasteiger partial charge is 0.507 e. The minimum atomic E-state index is -1.49. The fourth-order valence-corrected chi connectivity index (χ4v) is 3.69. The number of phenolic OH excluding ortho intramolecular Hbond substituents is 1. The number of ketones is 1. The summed E-state index contributed by atoms with van der Waals surface area (Å²) in [5.41, 5.74) is 0.774. The van der Waals surface area contributed by atoms with Crippen LogP contribution in [0, 0.1) is 6.92 Å². The van der Waals surface area contributed by atoms with Crippen LogP contribution in [0.4, 0.5) is 0 Å². The summed E-state index contributed by atoms with van der Waals surface area (Å²) < 4.78 is 10.8. The molecule has 5 N–H and O–H groups in total. The van der Waals surface area contributed by atoms with Gasteiger partial charge in [0, 0.05) is 11.4 Å². The first-order valence-electron chi connectivity index (χ1n) is 9.00. The maximum absolute atomic E-state index is 12.4. The van der Waals surface area contributed by atoms with Gasteiger partial charge in [0.1, 0.15) is 48.6 Å². The second kappa shape index (κ2) is 9.16. The maximum atomic E-state index is 12.4. The van der Waals surface area contributed by atoms with Gasteiger partial charge < -0.3 is 35.0 Å². The third kappa shape index (κ3) is 4.92. The van der Waals surface area contributed by atoms with Crippen molar-refractivity contribution in [2.75, 3.05) is 13.2 Å². The molecule has 0 unspecified atom stereocenters. The summed E-state index contributed by atoms with van der Waals surface area (Å²) in [5.74, 6) is -0.318. The highest BCUT2D eigenvalue weighted by Gasteiger charge is 2.43. The number of hydrogen-bond donors (Lipinski definition) is 5. The second-order valence-corrected chi connectivity index (χ2v) is 7.88. The Kier molecular flexibility index (Phi) is 6.83. The zero-order chi connectivity index (χ0) is 21.1. The number of phenols is 1. The number of ether oxygens (including phenoxy) is 2. The van der Waals surface area contributed by atoms with E-state index >= 15 is 0 Å². The van der Waals surface area contributed by atoms with E-state index in [1.54, 1.807) is 5.38 Å². The zero-order valence-corrected chi connectivity index (χ0v) is 16.5. The van der Waals surface area contributed by atoms with Gasteiger partial charge in [-0.15, -0.1) is 11.3 Å². The number of aromatic hydroxyl groups is 1. The number of nitrogens with zero attached hydrogens (tertiary/aromatic N) is 1. The van der Waals surface area contributed by atoms with E-state index in [4.69, 9.17) is 9.47 Å². The van der Waals surface area contributed by atoms with Crippen molar-refractivity contribution in [3.8, 4) is 11.5 Å². The average molecular weight is 425 g/mol. The van der Waals surface area contributed by atoms with E-state index in [1.807, 2.05) is 6.92 Å². The highest BCUT2D eigenvalue weighted by Crippen LogP contribution is 2.27. The number of aryl methyl sites for hydroxylation is 1. The molecule has 0 aliphatic carbocycles. The molecular weight excluding hydrogens is 402 g/mol. The normalized spacial score (nSPS) is 27.0. The molecule has 0 bridgehead atoms. The summed E-state index contributed by atoms with van der Waals surface area (Å²) in [6.45, 7) is 1.11. The third-order valence-corrected chi connectivity index (χ3v) is 5.51. The predicted molar refractivity (Wildman–Crippen MR) is 102 cm³/mol. The first-order valence-corrected chi connectivity index (χ1v) is 9.88. The molecule has 0 saturated carbocycles. The summed E-state index contributed by atoms with van der Waals surface area (Å²) in [6, 6.07) is 4.19. The molecule has 9 nitrogen and oxygen atoms in total. The fraction of sp³-hybridized carbons (Fsp3) is 0.474. The molecule has 0 amide bonds. The van der Waals surface area contributed by atoms with Crippen LogP contribution in [0.5, 0.6) is 11.5 Å². The van der Waals surface area contributed by atoms with Crippen LogP contribution in [-0.2, 0) is 11.2 Å². The van der Waals surface area contributed by atoms with Crippen molar-refractivity contribution in [3.05, 3.63) is 39.8 Å². The van der Waals surface area contributed by atoms with E-state index in [0.29, 0.717) is 5.69 Å². The molecule has 158 valence electrons. The number of aromatic nitrogens is 1. The lowest BCUT2D eigenvalue weighted by atomic mass is 9.95. The number of benzene rings is 1. The Hall–Kier alpha value is -2.08. The Bertz CT molecular complexity index is 854. The number of hydrogen-bond acceptors (Lipinski definition) is 10. The molecule has 0 radical (unpaired) electrons. The maximum Gasteiger partial charge on any atom is 0.172 e. The van der Waals surface area contributed by atoms with Crippen LogP contribution < -0.4 is 4.74 Å². The smallest absolute Gasteiger partial charge is 0.172 e. The Morgan fingerprint density at radius 2 is 1.93 bits per heavy atom. The molecule has 2 heterocycles. The van der Waals surface area contributed by atoms with Gasteiger partial charge in [0.15, 0.2) is 5.78 Å². The van der Waals surface area contributed by atoms with Crippen molar-refractivity contribution in [3.63, 3.8) is 0 Å². The monoisotopic (exact) mass is 425 g/mol. The van der Waals surface area contributed by atoms with Crippen LogP contribution in [0.1, 0.15) is 21.1 Å². The van der Waals surface area contributed by atoms with E-state index in [2.05, 4.69) is 4.98 Å². The Labute approximate surface area is 170 Å². The number of carbonyl (C=O) groups is 1. The minimum absolute atomic E-state index is 0.0724. The molecule has 1 aromatic heterocycles. The van der Waals surface area contributed by atoms with Crippen molar-refractivity contribution in [1.82, 2.24) is 4.98 Å². The molecule has 3 rings (SSSR count). The lowest BCUT2D eigenvalue weighted by molar-refractivity contribution is -0.234. The molecule has 1 fully saturated rings. The zero-order valence-electron chi connectivity index (χ0n) is 15.6. The molecule has 29 heavy (non-hydrogen) atoms. The Morgan fingerprint density at radius 3 is 2.55 bits per heavy atom. The van der Waals surface area contributed by atoms with Gasteiger partial charge in [-0.25, -0.2) is 4.98 Å². The van der Waals surface area contributed by atoms with E-state index < -0.39 is 37.1 Å². The molecular formula is C19H23NO8S. The SMILES string of the molecule is Cc1nc(CC(=O)c2ccc(OC[C@H]3O[C@@H](CO)[C@@H](O)[C@@H](O)[C@H]3O)cc2O)cs1. The quantitative estimate of drug-likeness (QED) is 0.380. The summed E-state index contributed by atoms with van der Waals surface area (Å²) in [4.78, 5) is 16.6. The number of thiazole rings is 1. The summed E-state index contributed by atoms with van der Waals surface area (Å²) >= 11 is 1.44. The molecule has 5 atom stereocenters. The number of aliphatic hydroxyl groups is 4. The number of rotatable bonds is 7. The molecule has 0 spiro atoms. The van der Waals surface area contributed by atoms with Gasteiger partial charge in [0.05, 0.1) is 29.3 Å². The van der Waals surface area contributed by atoms with Gasteiger partial charge >= 0.3 is 0 Å². The highest BCUT2D eigenvalue weighted by atomic mass is 32.1. The second-order valence-electron chi connectivity index (χ2n) is 6.82. The van der Waals surface area contributed by atoms with Crippen LogP contribution in [0.3, 0.4) is 0 Å². The van der Waals surface area contributed by atoms with Gasteiger partial charge in [-0.1, -0.05) is 0 Å². The van der Waals surface area contributed by atoms with Gasteiger partial charge in [0.25, 0.3) is 0 Å². The Balaban J connectivity index is 1.62. The number of Topliss-reactive ketones (excluding diaryl/α,β-unsaturated/α-hetero) is 1. The van der Waals surface area contributed by atoms with E-state index in [-0.39, 0.29) is 35.9 Å². The standard InChI is InChI=1S/C19H23NO8S/c1-9-20-10(8-29-9)4-13(22)12-3-2-11(5-14(12)23)27-7-16-18(25)19(26)17(24)15(6-21)28-16/h2-3,5,8,15-19,21,23-26H,4,6-7H2,1H3/t15-,16+,17+,18-,19+/m0/s1. The van der Waals surface area contributed by atoms with Crippen molar-refractivity contribution in [2.45, 2.75) is 43.9 Å². The lowest BCUT2D eigenvalue weighted by Gasteiger charge is -2.39. The van der Waals surface area contributed by atoms with Gasteiger partial charge in [-0.05, 0) is 19.1 Å². The predicted octanol–water partition coefficient (Wildman–Crippen LogP) is -0.196. The first kappa shape index (κ1) is 21.6. The number of carbonyl (C=O) groups excluding carboxylic acids is 1. The van der Waals surface area contributed by atoms with Crippen molar-refractivity contribution < 1.29 is 39.8 Å². The van der Waals surface area contributed by atoms with Crippen LogP contribution >= 0.6 is 11.3 Å². The third-order valence-electron chi connectivity index (χ3n) is 4.68. The average Bonchev–Trinajstić information content (AvgIpc) is 3.10. The molecule has 1 aromatic carbocycles. The van der Waals surface area contributed by atoms with Crippen molar-refractivity contribution >= 4 is 17.1 Å². The number of aliphatic hydroxyl groups excluding tert-OH is 4. The fourth-order valence-electron chi connectivity index (χ4n) is 3.08. The summed E-state index contributed by atoms with van der Waals surface area (Å²) in [5, 5.41) is 51.6. The van der Waals surface area contributed by atoms with Crippen molar-refractivity contribution in [1.29, 1.82) is 0 Å². The molecule has 1 aliphatic rings. The van der Waals surface area contributed by atoms with Crippen LogP contribution in [0.15, 0.2) is 23.6 Å². The van der Waals surface area contributed by atoms with E-state index in [1.165, 1.54) is 29.5 Å². The van der Waals surface area contributed by atoms with Gasteiger partial charge in [-0.2, -0.15) is 0 Å². The van der Waals surface area contributed by atoms with Crippen LogP contribution in [-0.4, -0.2) is 80.0 Å². The minimum Gasteiger partial charge on any atom is -0.507 e. The summed E-state index contributed by atoms with van der Waals surface area (Å²) in [6.07, 6.45) is -6.29. The van der Waals surface area contributed by atoms with Crippen LogP contribution in [0.25, 0.3) is 0 Å². The van der Waals surface area contributed by atoms with Gasteiger partial charge in [-0.3, -0.25) is 4.79 Å². The molecule has 2 aromatic rings. The van der Waals surface area contributed by atoms with Gasteiger partial charge in [0.2, 0.25) is 0 Å². The Morgan fingerprint density at radius 1 is 1.21 bits per heavy atom. The van der Waals surface area contributed by atoms with Crippen LogP contribution in [0.2, 0.25) is 0 Å². The highest BCUT2D eigenvalue weighted by molar-refractivity contribution is 7.09. The molecule has 1 saturated heterocycles. The molecule has 10 heteroatoms.